The summed E-state index contributed by atoms with van der Waals surface area (Å²) in [5, 5.41) is 19.4. The van der Waals surface area contributed by atoms with Gasteiger partial charge >= 0.3 is 0 Å². The van der Waals surface area contributed by atoms with Gasteiger partial charge in [-0.3, -0.25) is 29.2 Å². The smallest absolute Gasteiger partial charge is 0.251 e. The van der Waals surface area contributed by atoms with E-state index in [0.29, 0.717) is 135 Å². The fraction of sp³-hybridized carbons (Fsp3) is 0.345. The molecule has 6 aromatic rings. The van der Waals surface area contributed by atoms with E-state index < -0.39 is 12.1 Å². The van der Waals surface area contributed by atoms with Gasteiger partial charge in [0.15, 0.2) is 11.9 Å². The Morgan fingerprint density at radius 2 is 1.04 bits per heavy atom. The van der Waals surface area contributed by atoms with Crippen molar-refractivity contribution in [3.05, 3.63) is 164 Å². The summed E-state index contributed by atoms with van der Waals surface area (Å²) in [5.74, 6) is -0.162. The molecule has 2 aliphatic rings. The molecule has 4 atom stereocenters. The average molecular weight is 1140 g/mol. The first-order valence-electron chi connectivity index (χ1n) is 26.2. The number of carbonyl (C=O) groups excluding carboxylic acids is 4. The quantitative estimate of drug-likeness (QED) is 0.0213. The Labute approximate surface area is 475 Å². The van der Waals surface area contributed by atoms with Gasteiger partial charge in [0.25, 0.3) is 11.8 Å². The largest absolute Gasteiger partial charge is 0.370 e. The van der Waals surface area contributed by atoms with Gasteiger partial charge in [-0.2, -0.15) is 0 Å². The number of aliphatic imine (C=N–C) groups is 2. The summed E-state index contributed by atoms with van der Waals surface area (Å²) in [6.45, 7) is 3.93. The predicted molar refractivity (Wildman–Crippen MR) is 317 cm³/mol. The zero-order valence-corrected chi connectivity index (χ0v) is 46.4. The molecule has 78 heavy (non-hydrogen) atoms. The van der Waals surface area contributed by atoms with Crippen LogP contribution in [0.15, 0.2) is 131 Å². The van der Waals surface area contributed by atoms with Gasteiger partial charge in [-0.1, -0.05) is 119 Å². The maximum absolute atomic E-state index is 13.5. The molecular weight excluding hydrogens is 1070 g/mol. The van der Waals surface area contributed by atoms with Crippen molar-refractivity contribution in [3.63, 3.8) is 0 Å². The fourth-order valence-corrected chi connectivity index (χ4v) is 10.4. The van der Waals surface area contributed by atoms with E-state index in [1.54, 1.807) is 18.2 Å². The van der Waals surface area contributed by atoms with Crippen LogP contribution >= 0.6 is 46.4 Å². The number of rotatable bonds is 20. The second-order valence-corrected chi connectivity index (χ2v) is 21.1. The Hall–Kier alpha value is -6.66. The molecule has 16 nitrogen and oxygen atoms in total. The van der Waals surface area contributed by atoms with Crippen molar-refractivity contribution < 1.29 is 19.2 Å². The Bertz CT molecular complexity index is 3100. The molecular formula is C58H68Cl4N12O4. The van der Waals surface area contributed by atoms with Crippen molar-refractivity contribution in [3.8, 4) is 0 Å². The Morgan fingerprint density at radius 1 is 0.551 bits per heavy atom. The third kappa shape index (κ3) is 17.7. The van der Waals surface area contributed by atoms with Gasteiger partial charge in [0.1, 0.15) is 0 Å². The lowest BCUT2D eigenvalue weighted by Crippen LogP contribution is -2.49. The Balaban J connectivity index is 0.000000226. The van der Waals surface area contributed by atoms with Crippen molar-refractivity contribution in [1.82, 2.24) is 31.1 Å². The topological polar surface area (TPSA) is 252 Å². The van der Waals surface area contributed by atoms with Crippen molar-refractivity contribution in [1.29, 1.82) is 0 Å². The summed E-state index contributed by atoms with van der Waals surface area (Å²) in [5.41, 5.74) is 25.0. The van der Waals surface area contributed by atoms with E-state index in [0.717, 1.165) is 32.7 Å². The second kappa shape index (κ2) is 29.4. The summed E-state index contributed by atoms with van der Waals surface area (Å²) in [7, 11) is 0. The van der Waals surface area contributed by atoms with E-state index in [-0.39, 0.29) is 47.6 Å². The Morgan fingerprint density at radius 3 is 1.51 bits per heavy atom. The van der Waals surface area contributed by atoms with Crippen molar-refractivity contribution in [2.45, 2.75) is 75.5 Å². The molecule has 0 radical (unpaired) electrons. The fourth-order valence-electron chi connectivity index (χ4n) is 9.59. The van der Waals surface area contributed by atoms with Crippen LogP contribution in [-0.2, 0) is 22.4 Å². The van der Waals surface area contributed by atoms with Crippen LogP contribution in [0.1, 0.15) is 70.4 Å². The second-order valence-electron chi connectivity index (χ2n) is 19.5. The number of hydrogen-bond donors (Lipinski definition) is 8. The van der Waals surface area contributed by atoms with E-state index in [1.807, 2.05) is 113 Å². The molecule has 412 valence electrons. The van der Waals surface area contributed by atoms with Gasteiger partial charge < -0.3 is 54.0 Å². The molecule has 0 saturated carbocycles. The minimum Gasteiger partial charge on any atom is -0.370 e. The number of fused-ring (bicyclic) bond motifs is 2. The normalized spacial score (nSPS) is 17.6. The third-order valence-corrected chi connectivity index (χ3v) is 15.2. The zero-order valence-electron chi connectivity index (χ0n) is 43.4. The molecule has 0 aliphatic carbocycles. The molecule has 8 rings (SSSR count). The summed E-state index contributed by atoms with van der Waals surface area (Å²) >= 11 is 24.6. The molecule has 0 spiro atoms. The molecule has 12 N–H and O–H groups in total. The highest BCUT2D eigenvalue weighted by molar-refractivity contribution is 6.42. The number of halogens is 4. The molecule has 0 unspecified atom stereocenters. The van der Waals surface area contributed by atoms with Crippen LogP contribution in [0.4, 0.5) is 0 Å². The van der Waals surface area contributed by atoms with Crippen LogP contribution in [-0.4, -0.2) is 122 Å². The van der Waals surface area contributed by atoms with E-state index in [2.05, 4.69) is 31.3 Å². The average Bonchev–Trinajstić information content (AvgIpc) is 3.68. The van der Waals surface area contributed by atoms with E-state index in [4.69, 9.17) is 69.3 Å². The summed E-state index contributed by atoms with van der Waals surface area (Å²) in [6.07, 6.45) is 5.12. The van der Waals surface area contributed by atoms with Gasteiger partial charge in [0, 0.05) is 85.6 Å². The number of benzene rings is 6. The van der Waals surface area contributed by atoms with Crippen LogP contribution in [0.3, 0.4) is 0 Å². The molecule has 2 fully saturated rings. The standard InChI is InChI=1S/2C29H34Cl2N6O2/c30-24-10-7-19(16-25(24)31)11-14-37-15-12-23(36-26(28(37)39)6-3-13-34-29(32)33)18-35-27(38)22-9-8-20-4-1-2-5-21(20)17-22;30-23-10-9-20(25(31)17-23)11-14-37-15-12-24(36-26(28(37)39)6-3-13-34-29(32)33)18-35-27(38)22-8-7-19-4-1-2-5-21(19)16-22/h1-2,4-5,7-10,16-17,23,26,36H,3,6,11-15,18H2,(H,35,38)(H4,32,33,34);1-2,4-5,7-10,16-17,24,26,36H,3,6,11-15,18H2,(H,35,38)(H4,32,33,34)/t23-,26-;24-,26-/m00/s1. The number of nitrogens with zero attached hydrogens (tertiary/aromatic N) is 4. The first-order chi connectivity index (χ1) is 37.6. The number of hydrogen-bond acceptors (Lipinski definition) is 8. The predicted octanol–water partition coefficient (Wildman–Crippen LogP) is 7.46. The van der Waals surface area contributed by atoms with Gasteiger partial charge in [-0.15, -0.1) is 0 Å². The molecule has 0 bridgehead atoms. The number of nitrogens with two attached hydrogens (primary N) is 4. The van der Waals surface area contributed by atoms with Crippen LogP contribution in [0.5, 0.6) is 0 Å². The SMILES string of the molecule is NC(N)=NCCC[C@@H]1N[C@H](CNC(=O)c2ccc3ccccc3c2)CCN(CCc2ccc(Cl)c(Cl)c2)C1=O.NC(N)=NCCC[C@@H]1N[C@H](CNC(=O)c2ccc3ccccc3c2)CCN(CCc2ccc(Cl)cc2Cl)C1=O. The first-order valence-corrected chi connectivity index (χ1v) is 27.7. The zero-order chi connectivity index (χ0) is 55.6. The maximum atomic E-state index is 13.5. The molecule has 2 aliphatic heterocycles. The molecule has 4 amide bonds. The van der Waals surface area contributed by atoms with Crippen LogP contribution in [0.2, 0.25) is 20.1 Å². The van der Waals surface area contributed by atoms with Crippen molar-refractivity contribution >= 4 is 103 Å². The highest BCUT2D eigenvalue weighted by atomic mass is 35.5. The van der Waals surface area contributed by atoms with Crippen LogP contribution < -0.4 is 44.2 Å². The number of guanidine groups is 2. The van der Waals surface area contributed by atoms with Crippen molar-refractivity contribution in [2.24, 2.45) is 32.9 Å². The van der Waals surface area contributed by atoms with Crippen LogP contribution in [0.25, 0.3) is 21.5 Å². The van der Waals surface area contributed by atoms with Crippen molar-refractivity contribution in [2.75, 3.05) is 52.4 Å². The molecule has 0 aromatic heterocycles. The first kappa shape index (κ1) is 59.0. The van der Waals surface area contributed by atoms with Gasteiger partial charge in [-0.25, -0.2) is 0 Å². The van der Waals surface area contributed by atoms with E-state index in [9.17, 15) is 19.2 Å². The molecule has 2 saturated heterocycles. The maximum Gasteiger partial charge on any atom is 0.251 e. The lowest BCUT2D eigenvalue weighted by molar-refractivity contribution is -0.133. The Kier molecular flexibility index (Phi) is 22.2. The molecule has 2 heterocycles. The lowest BCUT2D eigenvalue weighted by Gasteiger charge is -2.25. The highest BCUT2D eigenvalue weighted by Crippen LogP contribution is 2.25. The molecule has 20 heteroatoms. The van der Waals surface area contributed by atoms with Crippen LogP contribution in [0, 0.1) is 0 Å². The minimum absolute atomic E-state index is 0.0214. The minimum atomic E-state index is -0.412. The number of carbonyl (C=O) groups is 4. The third-order valence-electron chi connectivity index (χ3n) is 13.8. The van der Waals surface area contributed by atoms with Gasteiger partial charge in [0.2, 0.25) is 11.8 Å². The van der Waals surface area contributed by atoms with E-state index >= 15 is 0 Å². The van der Waals surface area contributed by atoms with Gasteiger partial charge in [0.05, 0.1) is 22.1 Å². The summed E-state index contributed by atoms with van der Waals surface area (Å²) < 4.78 is 0. The monoisotopic (exact) mass is 1140 g/mol. The summed E-state index contributed by atoms with van der Waals surface area (Å²) in [6, 6.07) is 37.2. The number of nitrogens with one attached hydrogen (secondary N) is 4. The van der Waals surface area contributed by atoms with E-state index in [1.165, 1.54) is 0 Å². The highest BCUT2D eigenvalue weighted by Gasteiger charge is 2.32. The molecule has 6 aromatic carbocycles. The van der Waals surface area contributed by atoms with Gasteiger partial charge in [-0.05, 0) is 133 Å². The number of amides is 4. The lowest BCUT2D eigenvalue weighted by atomic mass is 10.1. The summed E-state index contributed by atoms with van der Waals surface area (Å²) in [4.78, 5) is 64.7.